The molecular formula is C22H19N5S. The summed E-state index contributed by atoms with van der Waals surface area (Å²) >= 11 is 1.62. The molecule has 0 N–H and O–H groups in total. The van der Waals surface area contributed by atoms with E-state index >= 15 is 0 Å². The maximum Gasteiger partial charge on any atom is 0.125 e. The summed E-state index contributed by atoms with van der Waals surface area (Å²) in [6.07, 6.45) is 9.14. The number of pyridine rings is 2. The van der Waals surface area contributed by atoms with Gasteiger partial charge in [0.05, 0.1) is 33.2 Å². The van der Waals surface area contributed by atoms with Crippen LogP contribution in [0.25, 0.3) is 37.7 Å². The Bertz CT molecular complexity index is 1210. The van der Waals surface area contributed by atoms with Crippen molar-refractivity contribution in [3.05, 3.63) is 73.0 Å². The molecule has 0 saturated heterocycles. The Balaban J connectivity index is 1.96. The molecule has 4 aromatic heterocycles. The number of aryl methyl sites for hydroxylation is 2. The maximum absolute atomic E-state index is 4.93. The lowest BCUT2D eigenvalue weighted by atomic mass is 10.1. The van der Waals surface area contributed by atoms with Gasteiger partial charge in [0.2, 0.25) is 0 Å². The van der Waals surface area contributed by atoms with E-state index in [1.165, 1.54) is 0 Å². The molecule has 0 radical (unpaired) electrons. The minimum atomic E-state index is 0.689. The van der Waals surface area contributed by atoms with Crippen molar-refractivity contribution in [2.45, 2.75) is 6.92 Å². The smallest absolute Gasteiger partial charge is 0.125 e. The highest BCUT2D eigenvalue weighted by molar-refractivity contribution is 7.18. The summed E-state index contributed by atoms with van der Waals surface area (Å²) in [6.45, 7) is 9.46. The number of allylic oxidation sites excluding steroid dienone is 2. The van der Waals surface area contributed by atoms with Crippen LogP contribution in [0.5, 0.6) is 0 Å². The fourth-order valence-corrected chi connectivity index (χ4v) is 4.19. The molecule has 5 nitrogen and oxygen atoms in total. The molecule has 0 atom stereocenters. The van der Waals surface area contributed by atoms with Gasteiger partial charge in [0.25, 0.3) is 0 Å². The van der Waals surface area contributed by atoms with Gasteiger partial charge in [-0.05, 0) is 44.0 Å². The zero-order valence-electron chi connectivity index (χ0n) is 15.8. The Morgan fingerprint density at radius 2 is 2.14 bits per heavy atom. The monoisotopic (exact) mass is 385 g/mol. The number of hydrogen-bond donors (Lipinski definition) is 0. The molecule has 0 aromatic carbocycles. The van der Waals surface area contributed by atoms with Gasteiger partial charge in [0, 0.05) is 36.6 Å². The Hall–Kier alpha value is -3.38. The number of nitrogens with zero attached hydrogens (tertiary/aromatic N) is 5. The van der Waals surface area contributed by atoms with E-state index in [4.69, 9.17) is 9.97 Å². The van der Waals surface area contributed by atoms with Crippen molar-refractivity contribution >= 4 is 34.7 Å². The molecular weight excluding hydrogens is 366 g/mol. The lowest BCUT2D eigenvalue weighted by molar-refractivity contribution is 0.967. The van der Waals surface area contributed by atoms with Crippen LogP contribution in [0.4, 0.5) is 0 Å². The summed E-state index contributed by atoms with van der Waals surface area (Å²) < 4.78 is 2.08. The molecule has 0 bridgehead atoms. The third-order valence-corrected chi connectivity index (χ3v) is 5.72. The Kier molecular flexibility index (Phi) is 4.71. The zero-order chi connectivity index (χ0) is 19.7. The van der Waals surface area contributed by atoms with Crippen LogP contribution in [-0.2, 0) is 7.05 Å². The summed E-state index contributed by atoms with van der Waals surface area (Å²) in [7, 11) is 2.02. The molecule has 4 aromatic rings. The molecule has 4 heterocycles. The van der Waals surface area contributed by atoms with Gasteiger partial charge in [-0.15, -0.1) is 11.3 Å². The second kappa shape index (κ2) is 7.32. The van der Waals surface area contributed by atoms with Crippen molar-refractivity contribution in [2.24, 2.45) is 12.0 Å². The quantitative estimate of drug-likeness (QED) is 0.346. The van der Waals surface area contributed by atoms with Crippen molar-refractivity contribution < 1.29 is 0 Å². The van der Waals surface area contributed by atoms with Crippen LogP contribution in [0.15, 0.2) is 66.6 Å². The van der Waals surface area contributed by atoms with E-state index in [0.29, 0.717) is 5.70 Å². The van der Waals surface area contributed by atoms with Crippen LogP contribution in [0, 0.1) is 6.92 Å². The largest absolute Gasteiger partial charge is 0.350 e. The average molecular weight is 385 g/mol. The van der Waals surface area contributed by atoms with Crippen LogP contribution in [0.3, 0.4) is 0 Å². The third-order valence-electron chi connectivity index (χ3n) is 4.51. The maximum atomic E-state index is 4.93. The zero-order valence-corrected chi connectivity index (χ0v) is 16.6. The summed E-state index contributed by atoms with van der Waals surface area (Å²) in [5.74, 6) is 0. The lowest BCUT2D eigenvalue weighted by Crippen LogP contribution is -1.94. The first-order chi connectivity index (χ1) is 13.6. The highest BCUT2D eigenvalue weighted by atomic mass is 32.1. The number of fused-ring (bicyclic) bond motifs is 1. The summed E-state index contributed by atoms with van der Waals surface area (Å²) in [4.78, 5) is 19.1. The first kappa shape index (κ1) is 18.0. The fourth-order valence-electron chi connectivity index (χ4n) is 3.13. The number of hydrogen-bond acceptors (Lipinski definition) is 5. The molecule has 0 aliphatic carbocycles. The van der Waals surface area contributed by atoms with Crippen molar-refractivity contribution in [1.82, 2.24) is 19.5 Å². The highest BCUT2D eigenvalue weighted by Gasteiger charge is 2.18. The molecule has 0 unspecified atom stereocenters. The van der Waals surface area contributed by atoms with Crippen molar-refractivity contribution in [2.75, 3.05) is 0 Å². The molecule has 0 spiro atoms. The van der Waals surface area contributed by atoms with Gasteiger partial charge in [0.1, 0.15) is 5.01 Å². The minimum absolute atomic E-state index is 0.689. The summed E-state index contributed by atoms with van der Waals surface area (Å²) in [6, 6.07) is 8.05. The Morgan fingerprint density at radius 1 is 1.29 bits per heavy atom. The summed E-state index contributed by atoms with van der Waals surface area (Å²) in [5, 5.41) is 2.01. The fraction of sp³-hybridized carbons (Fsp3) is 0.0909. The molecule has 6 heteroatoms. The number of thiazole rings is 1. The van der Waals surface area contributed by atoms with Crippen molar-refractivity contribution in [1.29, 1.82) is 0 Å². The van der Waals surface area contributed by atoms with Gasteiger partial charge >= 0.3 is 0 Å². The van der Waals surface area contributed by atoms with Gasteiger partial charge < -0.3 is 4.57 Å². The molecule has 0 saturated carbocycles. The van der Waals surface area contributed by atoms with E-state index in [0.717, 1.165) is 43.4 Å². The molecule has 138 valence electrons. The standard InChI is InChI=1S/C22H19N5S/c1-5-7-17(23-3)18-12-19-16(9-11-27(19)4)20(26-18)21-14(2)25-22(28-21)15-8-6-10-24-13-15/h5-13H,1,3H2,2,4H3/b17-7-. The number of aromatic nitrogens is 4. The molecule has 0 amide bonds. The summed E-state index contributed by atoms with van der Waals surface area (Å²) in [5.41, 5.74) is 5.37. The topological polar surface area (TPSA) is 56.0 Å². The Labute approximate surface area is 167 Å². The van der Waals surface area contributed by atoms with Gasteiger partial charge in [-0.2, -0.15) is 0 Å². The Morgan fingerprint density at radius 3 is 2.86 bits per heavy atom. The van der Waals surface area contributed by atoms with E-state index < -0.39 is 0 Å². The lowest BCUT2D eigenvalue weighted by Gasteiger charge is -2.08. The number of aliphatic imine (C=N–C) groups is 1. The minimum Gasteiger partial charge on any atom is -0.350 e. The molecule has 4 rings (SSSR count). The molecule has 0 aliphatic heterocycles. The van der Waals surface area contributed by atoms with Gasteiger partial charge in [-0.25, -0.2) is 9.97 Å². The normalized spacial score (nSPS) is 11.7. The van der Waals surface area contributed by atoms with Crippen LogP contribution in [-0.4, -0.2) is 26.2 Å². The first-order valence-corrected chi connectivity index (χ1v) is 9.58. The van der Waals surface area contributed by atoms with Crippen molar-refractivity contribution in [3.63, 3.8) is 0 Å². The highest BCUT2D eigenvalue weighted by Crippen LogP contribution is 2.38. The van der Waals surface area contributed by atoms with E-state index in [-0.39, 0.29) is 0 Å². The van der Waals surface area contributed by atoms with E-state index in [9.17, 15) is 0 Å². The van der Waals surface area contributed by atoms with Gasteiger partial charge in [0.15, 0.2) is 0 Å². The van der Waals surface area contributed by atoms with Gasteiger partial charge in [-0.3, -0.25) is 9.98 Å². The second-order valence-corrected chi connectivity index (χ2v) is 7.34. The second-order valence-electron chi connectivity index (χ2n) is 6.34. The third kappa shape index (κ3) is 3.08. The van der Waals surface area contributed by atoms with Gasteiger partial charge in [-0.1, -0.05) is 12.7 Å². The molecule has 0 aliphatic rings. The average Bonchev–Trinajstić information content (AvgIpc) is 3.29. The SMILES string of the molecule is C=C/C=C(\N=C)c1cc2c(ccn2C)c(-c2sc(-c3cccnc3)nc2C)n1. The predicted molar refractivity (Wildman–Crippen MR) is 118 cm³/mol. The predicted octanol–water partition coefficient (Wildman–Crippen LogP) is 5.29. The van der Waals surface area contributed by atoms with E-state index in [1.54, 1.807) is 23.6 Å². The van der Waals surface area contributed by atoms with E-state index in [1.807, 2.05) is 50.6 Å². The van der Waals surface area contributed by atoms with Crippen LogP contribution in [0.1, 0.15) is 11.4 Å². The van der Waals surface area contributed by atoms with Crippen LogP contribution in [0.2, 0.25) is 0 Å². The van der Waals surface area contributed by atoms with Crippen molar-refractivity contribution in [3.8, 4) is 21.1 Å². The first-order valence-electron chi connectivity index (χ1n) is 8.76. The molecule has 0 fully saturated rings. The molecule has 28 heavy (non-hydrogen) atoms. The number of rotatable bonds is 5. The van der Waals surface area contributed by atoms with E-state index in [2.05, 4.69) is 33.9 Å². The van der Waals surface area contributed by atoms with Crippen LogP contribution >= 0.6 is 11.3 Å². The van der Waals surface area contributed by atoms with Crippen LogP contribution < -0.4 is 0 Å².